The number of aryl methyl sites for hydroxylation is 1. The number of halogens is 5. The Morgan fingerprint density at radius 1 is 1.23 bits per heavy atom. The van der Waals surface area contributed by atoms with Crippen molar-refractivity contribution in [2.45, 2.75) is 26.3 Å². The first-order valence-corrected chi connectivity index (χ1v) is 7.82. The van der Waals surface area contributed by atoms with Crippen molar-refractivity contribution < 1.29 is 17.9 Å². The molecule has 0 radical (unpaired) electrons. The molecule has 0 aliphatic rings. The molecule has 0 N–H and O–H groups in total. The number of aromatic nitrogens is 4. The molecule has 0 bridgehead atoms. The minimum absolute atomic E-state index is 0. The van der Waals surface area contributed by atoms with Crippen molar-refractivity contribution in [1.29, 1.82) is 0 Å². The van der Waals surface area contributed by atoms with Crippen molar-refractivity contribution in [2.75, 3.05) is 0 Å². The molecular weight excluding hydrogens is 392 g/mol. The Labute approximate surface area is 158 Å². The Bertz CT molecular complexity index is 877. The second-order valence-electron chi connectivity index (χ2n) is 5.26. The lowest BCUT2D eigenvalue weighted by atomic mass is 10.3. The quantitative estimate of drug-likeness (QED) is 0.619. The van der Waals surface area contributed by atoms with Gasteiger partial charge in [-0.05, 0) is 18.2 Å². The summed E-state index contributed by atoms with van der Waals surface area (Å²) in [6.07, 6.45) is 3.00. The maximum atomic E-state index is 12.3. The molecule has 0 spiro atoms. The lowest BCUT2D eigenvalue weighted by Crippen LogP contribution is -2.17. The molecule has 0 atom stereocenters. The second-order valence-corrected chi connectivity index (χ2v) is 5.67. The van der Waals surface area contributed by atoms with Crippen LogP contribution in [0.5, 0.6) is 5.75 Å². The van der Waals surface area contributed by atoms with Gasteiger partial charge in [0.15, 0.2) is 0 Å². The zero-order valence-electron chi connectivity index (χ0n) is 13.6. The number of hydrogen-bond donors (Lipinski definition) is 0. The molecule has 26 heavy (non-hydrogen) atoms. The molecule has 5 nitrogen and oxygen atoms in total. The van der Waals surface area contributed by atoms with Gasteiger partial charge in [-0.15, -0.1) is 25.6 Å². The van der Waals surface area contributed by atoms with E-state index in [9.17, 15) is 13.2 Å². The topological polar surface area (TPSA) is 44.9 Å². The van der Waals surface area contributed by atoms with Crippen molar-refractivity contribution in [2.24, 2.45) is 0 Å². The number of alkyl halides is 3. The van der Waals surface area contributed by atoms with Crippen LogP contribution >= 0.6 is 24.0 Å². The van der Waals surface area contributed by atoms with E-state index in [-0.39, 0.29) is 17.4 Å². The van der Waals surface area contributed by atoms with Crippen molar-refractivity contribution in [3.63, 3.8) is 0 Å². The summed E-state index contributed by atoms with van der Waals surface area (Å²) in [6.45, 7) is 2.57. The zero-order chi connectivity index (χ0) is 18.0. The summed E-state index contributed by atoms with van der Waals surface area (Å²) in [4.78, 5) is 8.57. The van der Waals surface area contributed by atoms with E-state index >= 15 is 0 Å². The first kappa shape index (κ1) is 20.1. The fourth-order valence-corrected chi connectivity index (χ4v) is 2.63. The molecule has 0 fully saturated rings. The van der Waals surface area contributed by atoms with Gasteiger partial charge in [0.25, 0.3) is 0 Å². The third kappa shape index (κ3) is 4.70. The molecule has 0 saturated carbocycles. The van der Waals surface area contributed by atoms with Crippen LogP contribution in [0.1, 0.15) is 18.4 Å². The van der Waals surface area contributed by atoms with E-state index < -0.39 is 12.1 Å². The Morgan fingerprint density at radius 3 is 2.65 bits per heavy atom. The normalized spacial score (nSPS) is 11.3. The number of nitrogens with zero attached hydrogens (tertiary/aromatic N) is 4. The predicted octanol–water partition coefficient (Wildman–Crippen LogP) is 4.65. The van der Waals surface area contributed by atoms with Gasteiger partial charge in [0.2, 0.25) is 0 Å². The highest BCUT2D eigenvalue weighted by atomic mass is 35.5. The number of imidazole rings is 2. The van der Waals surface area contributed by atoms with Gasteiger partial charge < -0.3 is 13.9 Å². The molecule has 10 heteroatoms. The minimum atomic E-state index is -4.78. The molecule has 3 aromatic rings. The highest BCUT2D eigenvalue weighted by Gasteiger charge is 2.32. The molecule has 3 rings (SSSR count). The average molecular weight is 407 g/mol. The number of rotatable bonds is 5. The minimum Gasteiger partial charge on any atom is -0.404 e. The van der Waals surface area contributed by atoms with Crippen molar-refractivity contribution >= 4 is 24.0 Å². The van der Waals surface area contributed by atoms with Gasteiger partial charge in [-0.2, -0.15) is 0 Å². The SMILES string of the molecule is CCc1nccn1Cc1cn(-c2ccc(OC(F)(F)F)c(Cl)c2)cn1.Cl. The van der Waals surface area contributed by atoms with Gasteiger partial charge in [-0.25, -0.2) is 9.97 Å². The standard InChI is InChI=1S/C16H14ClF3N4O.ClH/c1-2-15-21-5-6-23(15)8-11-9-24(10-22-11)12-3-4-14(13(17)7-12)25-16(18,19)20;/h3-7,9-10H,2,8H2,1H3;1H. The number of benzene rings is 1. The van der Waals surface area contributed by atoms with Crippen LogP contribution in [0.2, 0.25) is 5.02 Å². The molecule has 1 aromatic carbocycles. The average Bonchev–Trinajstić information content (AvgIpc) is 3.17. The first-order chi connectivity index (χ1) is 11.9. The molecule has 2 heterocycles. The van der Waals surface area contributed by atoms with Gasteiger partial charge in [0, 0.05) is 30.7 Å². The molecule has 140 valence electrons. The van der Waals surface area contributed by atoms with E-state index in [1.165, 1.54) is 18.2 Å². The van der Waals surface area contributed by atoms with Crippen LogP contribution in [0.3, 0.4) is 0 Å². The Hall–Kier alpha value is -2.19. The van der Waals surface area contributed by atoms with E-state index in [4.69, 9.17) is 11.6 Å². The largest absolute Gasteiger partial charge is 0.573 e. The third-order valence-corrected chi connectivity index (χ3v) is 3.82. The highest BCUT2D eigenvalue weighted by Crippen LogP contribution is 2.31. The number of hydrogen-bond acceptors (Lipinski definition) is 3. The third-order valence-electron chi connectivity index (χ3n) is 3.53. The molecule has 2 aromatic heterocycles. The van der Waals surface area contributed by atoms with Crippen LogP contribution in [-0.2, 0) is 13.0 Å². The number of ether oxygens (including phenoxy) is 1. The maximum absolute atomic E-state index is 12.3. The zero-order valence-corrected chi connectivity index (χ0v) is 15.1. The van der Waals surface area contributed by atoms with Crippen LogP contribution in [0, 0.1) is 0 Å². The lowest BCUT2D eigenvalue weighted by Gasteiger charge is -2.11. The predicted molar refractivity (Wildman–Crippen MR) is 93.2 cm³/mol. The van der Waals surface area contributed by atoms with Crippen LogP contribution in [0.25, 0.3) is 5.69 Å². The fourth-order valence-electron chi connectivity index (χ4n) is 2.42. The van der Waals surface area contributed by atoms with E-state index in [2.05, 4.69) is 14.7 Å². The molecule has 0 amide bonds. The molecule has 0 saturated heterocycles. The van der Waals surface area contributed by atoms with Gasteiger partial charge in [0.1, 0.15) is 11.6 Å². The summed E-state index contributed by atoms with van der Waals surface area (Å²) in [7, 11) is 0. The summed E-state index contributed by atoms with van der Waals surface area (Å²) < 4.78 is 44.4. The lowest BCUT2D eigenvalue weighted by molar-refractivity contribution is -0.274. The molecule has 0 unspecified atom stereocenters. The Balaban J connectivity index is 0.00000243. The van der Waals surface area contributed by atoms with Crippen LogP contribution in [0.4, 0.5) is 13.2 Å². The van der Waals surface area contributed by atoms with Crippen molar-refractivity contribution in [3.8, 4) is 11.4 Å². The summed E-state index contributed by atoms with van der Waals surface area (Å²) in [5, 5.41) is -0.132. The second kappa shape index (κ2) is 8.01. The summed E-state index contributed by atoms with van der Waals surface area (Å²) in [5.41, 5.74) is 1.37. The van der Waals surface area contributed by atoms with E-state index in [0.29, 0.717) is 12.2 Å². The van der Waals surface area contributed by atoms with Crippen molar-refractivity contribution in [3.05, 3.63) is 59.7 Å². The smallest absolute Gasteiger partial charge is 0.404 e. The summed E-state index contributed by atoms with van der Waals surface area (Å²) in [6, 6.07) is 4.05. The summed E-state index contributed by atoms with van der Waals surface area (Å²) in [5.74, 6) is 0.510. The van der Waals surface area contributed by atoms with Crippen LogP contribution in [-0.4, -0.2) is 25.5 Å². The fraction of sp³-hybridized carbons (Fsp3) is 0.250. The molecular formula is C16H15Cl2F3N4O. The van der Waals surface area contributed by atoms with Crippen molar-refractivity contribution in [1.82, 2.24) is 19.1 Å². The van der Waals surface area contributed by atoms with E-state index in [1.54, 1.807) is 23.3 Å². The molecule has 0 aliphatic carbocycles. The Kier molecular flexibility index (Phi) is 6.20. The van der Waals surface area contributed by atoms with Gasteiger partial charge in [-0.3, -0.25) is 0 Å². The van der Waals surface area contributed by atoms with E-state index in [0.717, 1.165) is 17.9 Å². The van der Waals surface area contributed by atoms with Gasteiger partial charge in [0.05, 0.1) is 23.6 Å². The first-order valence-electron chi connectivity index (χ1n) is 7.44. The highest BCUT2D eigenvalue weighted by molar-refractivity contribution is 6.32. The van der Waals surface area contributed by atoms with Gasteiger partial charge in [-0.1, -0.05) is 18.5 Å². The van der Waals surface area contributed by atoms with Gasteiger partial charge >= 0.3 is 6.36 Å². The maximum Gasteiger partial charge on any atom is 0.573 e. The summed E-state index contributed by atoms with van der Waals surface area (Å²) >= 11 is 5.88. The Morgan fingerprint density at radius 2 is 2.00 bits per heavy atom. The monoisotopic (exact) mass is 406 g/mol. The van der Waals surface area contributed by atoms with Crippen LogP contribution in [0.15, 0.2) is 43.1 Å². The van der Waals surface area contributed by atoms with Crippen LogP contribution < -0.4 is 4.74 Å². The molecule has 0 aliphatic heterocycles. The van der Waals surface area contributed by atoms with E-state index in [1.807, 2.05) is 17.7 Å².